The number of anilines is 2. The van der Waals surface area contributed by atoms with Crippen LogP contribution in [-0.2, 0) is 10.8 Å². The molecular weight excluding hydrogens is 735 g/mol. The molecule has 0 heterocycles. The second-order valence-corrected chi connectivity index (χ2v) is 17.3. The van der Waals surface area contributed by atoms with Crippen molar-refractivity contribution in [2.45, 2.75) is 31.1 Å². The van der Waals surface area contributed by atoms with E-state index in [1.807, 2.05) is 0 Å². The van der Waals surface area contributed by atoms with Crippen molar-refractivity contribution in [3.8, 4) is 22.3 Å². The molecule has 0 saturated heterocycles. The average Bonchev–Trinajstić information content (AvgIpc) is 3.62. The van der Waals surface area contributed by atoms with Crippen molar-refractivity contribution in [3.05, 3.63) is 263 Å². The Labute approximate surface area is 357 Å². The van der Waals surface area contributed by atoms with Gasteiger partial charge in [-0.05, 0) is 125 Å². The molecule has 0 bridgehead atoms. The van der Waals surface area contributed by atoms with E-state index in [2.05, 4.69) is 237 Å². The number of hydrogen-bond acceptors (Lipinski definition) is 1. The van der Waals surface area contributed by atoms with E-state index in [4.69, 9.17) is 0 Å². The van der Waals surface area contributed by atoms with Crippen LogP contribution in [0.4, 0.5) is 11.4 Å². The van der Waals surface area contributed by atoms with Gasteiger partial charge in [0, 0.05) is 34.5 Å². The van der Waals surface area contributed by atoms with Crippen molar-refractivity contribution < 1.29 is 0 Å². The fraction of sp³-hybridized carbons (Fsp3) is 0.0833. The first-order valence-corrected chi connectivity index (χ1v) is 21.5. The van der Waals surface area contributed by atoms with Gasteiger partial charge in [0.1, 0.15) is 0 Å². The Morgan fingerprint density at radius 1 is 0.426 bits per heavy atom. The molecule has 0 N–H and O–H groups in total. The lowest BCUT2D eigenvalue weighted by Gasteiger charge is -2.47. The lowest BCUT2D eigenvalue weighted by Crippen LogP contribution is -2.41. The molecule has 0 amide bonds. The summed E-state index contributed by atoms with van der Waals surface area (Å²) in [6.07, 6.45) is 5.41. The van der Waals surface area contributed by atoms with Crippen molar-refractivity contribution in [3.63, 3.8) is 0 Å². The summed E-state index contributed by atoms with van der Waals surface area (Å²) in [6.45, 7) is 4.84. The highest BCUT2D eigenvalue weighted by Crippen LogP contribution is 2.62. The highest BCUT2D eigenvalue weighted by molar-refractivity contribution is 5.95. The third kappa shape index (κ3) is 5.28. The average molecular weight is 778 g/mol. The van der Waals surface area contributed by atoms with E-state index in [9.17, 15) is 0 Å². The smallest absolute Gasteiger partial charge is 0.0719 e. The minimum absolute atomic E-state index is 0.282. The van der Waals surface area contributed by atoms with Crippen LogP contribution in [0.25, 0.3) is 49.4 Å². The molecule has 0 atom stereocenters. The van der Waals surface area contributed by atoms with E-state index < -0.39 is 5.41 Å². The Morgan fingerprint density at radius 3 is 1.70 bits per heavy atom. The van der Waals surface area contributed by atoms with E-state index in [1.165, 1.54) is 88.4 Å². The zero-order valence-electron chi connectivity index (χ0n) is 34.4. The summed E-state index contributed by atoms with van der Waals surface area (Å²) in [5, 5.41) is 4.90. The Kier molecular flexibility index (Phi) is 7.88. The van der Waals surface area contributed by atoms with Crippen LogP contribution >= 0.6 is 0 Å². The summed E-state index contributed by atoms with van der Waals surface area (Å²) in [4.78, 5) is 2.47. The molecule has 1 heteroatoms. The quantitative estimate of drug-likeness (QED) is 0.157. The minimum Gasteiger partial charge on any atom is -0.314 e. The summed E-state index contributed by atoms with van der Waals surface area (Å²) in [5.41, 5.74) is 22.2. The van der Waals surface area contributed by atoms with Gasteiger partial charge in [0.2, 0.25) is 0 Å². The predicted molar refractivity (Wildman–Crippen MR) is 256 cm³/mol. The van der Waals surface area contributed by atoms with Gasteiger partial charge in [0.05, 0.1) is 5.41 Å². The fourth-order valence-corrected chi connectivity index (χ4v) is 11.0. The van der Waals surface area contributed by atoms with Crippen LogP contribution in [-0.4, -0.2) is 0 Å². The van der Waals surface area contributed by atoms with Crippen molar-refractivity contribution in [2.24, 2.45) is 0 Å². The summed E-state index contributed by atoms with van der Waals surface area (Å²) >= 11 is 0. The van der Waals surface area contributed by atoms with Crippen molar-refractivity contribution >= 4 is 38.5 Å². The number of allylic oxidation sites excluding steroid dienone is 2. The number of fused-ring (bicyclic) bond motifs is 11. The molecule has 9 aromatic rings. The third-order valence-corrected chi connectivity index (χ3v) is 13.7. The number of nitrogens with zero attached hydrogens (tertiary/aromatic N) is 1. The van der Waals surface area contributed by atoms with Crippen LogP contribution in [0.15, 0.2) is 224 Å². The molecule has 0 radical (unpaired) electrons. The third-order valence-electron chi connectivity index (χ3n) is 13.7. The molecule has 1 spiro atoms. The summed E-state index contributed by atoms with van der Waals surface area (Å²) in [7, 11) is 0. The monoisotopic (exact) mass is 777 g/mol. The van der Waals surface area contributed by atoms with Gasteiger partial charge in [-0.3, -0.25) is 0 Å². The number of hydrogen-bond donors (Lipinski definition) is 0. The van der Waals surface area contributed by atoms with Crippen molar-refractivity contribution in [1.29, 1.82) is 0 Å². The Balaban J connectivity index is 1.05. The first-order valence-electron chi connectivity index (χ1n) is 21.5. The highest BCUT2D eigenvalue weighted by Gasteiger charge is 2.53. The molecule has 0 fully saturated rings. The van der Waals surface area contributed by atoms with Crippen LogP contribution in [0.5, 0.6) is 0 Å². The molecule has 3 aliphatic rings. The molecule has 288 valence electrons. The van der Waals surface area contributed by atoms with Gasteiger partial charge in [-0.25, -0.2) is 0 Å². The van der Waals surface area contributed by atoms with Gasteiger partial charge in [0.15, 0.2) is 0 Å². The van der Waals surface area contributed by atoms with Gasteiger partial charge in [-0.2, -0.15) is 0 Å². The van der Waals surface area contributed by atoms with Gasteiger partial charge >= 0.3 is 0 Å². The number of benzene rings is 9. The second-order valence-electron chi connectivity index (χ2n) is 17.3. The largest absolute Gasteiger partial charge is 0.314 e. The number of rotatable bonds is 5. The maximum Gasteiger partial charge on any atom is 0.0719 e. The fourth-order valence-electron chi connectivity index (χ4n) is 11.0. The SMILES string of the molecule is CC1(C)c2ccccc2C2(c3ccccc3-c3ccccc32)c2cccc(C3=C=CCC(N(c4ccc5ccccc5c4)c4ccc5cc(-c6ccccc6)ccc5c4)=C3)c21. The molecule has 0 unspecified atom stereocenters. The molecule has 3 aliphatic carbocycles. The van der Waals surface area contributed by atoms with E-state index in [1.54, 1.807) is 0 Å². The first kappa shape index (κ1) is 35.5. The first-order chi connectivity index (χ1) is 30.0. The summed E-state index contributed by atoms with van der Waals surface area (Å²) < 4.78 is 0. The second kappa shape index (κ2) is 13.5. The summed E-state index contributed by atoms with van der Waals surface area (Å²) in [5.74, 6) is 0. The van der Waals surface area contributed by atoms with Gasteiger partial charge in [0.25, 0.3) is 0 Å². The normalized spacial score (nSPS) is 15.1. The van der Waals surface area contributed by atoms with Crippen LogP contribution in [0.1, 0.15) is 59.2 Å². The highest BCUT2D eigenvalue weighted by atomic mass is 15.1. The topological polar surface area (TPSA) is 3.24 Å². The van der Waals surface area contributed by atoms with Crippen molar-refractivity contribution in [2.75, 3.05) is 4.90 Å². The molecular formula is C60H43N. The maximum absolute atomic E-state index is 3.82. The van der Waals surface area contributed by atoms with E-state index in [0.29, 0.717) is 0 Å². The summed E-state index contributed by atoms with van der Waals surface area (Å²) in [6, 6.07) is 74.3. The van der Waals surface area contributed by atoms with E-state index >= 15 is 0 Å². The van der Waals surface area contributed by atoms with Crippen LogP contribution in [0, 0.1) is 0 Å². The lowest BCUT2D eigenvalue weighted by molar-refractivity contribution is 0.562. The zero-order chi connectivity index (χ0) is 40.7. The van der Waals surface area contributed by atoms with Crippen LogP contribution in [0.3, 0.4) is 0 Å². The standard InChI is InChI=1S/C60H43N/c1-59(2)55-27-12-13-28-56(55)60(53-25-10-8-22-51(53)52-23-9-11-26-54(52)60)57-29-15-24-50(58(57)59)46-20-14-21-47(39-46)61(48-34-32-41-18-6-7-19-42(41)37-48)49-35-33-44-36-43(30-31-45(44)38-49)40-16-4-3-5-17-40/h3-19,22-39H,21H2,1-2H3. The Hall–Kier alpha value is -7.44. The Bertz CT molecular complexity index is 3310. The van der Waals surface area contributed by atoms with E-state index in [0.717, 1.165) is 23.4 Å². The van der Waals surface area contributed by atoms with Gasteiger partial charge < -0.3 is 4.90 Å². The van der Waals surface area contributed by atoms with Gasteiger partial charge in [-0.15, -0.1) is 5.73 Å². The minimum atomic E-state index is -0.446. The predicted octanol–water partition coefficient (Wildman–Crippen LogP) is 15.3. The molecule has 0 aliphatic heterocycles. The molecule has 1 nitrogen and oxygen atoms in total. The van der Waals surface area contributed by atoms with Gasteiger partial charge in [-0.1, -0.05) is 184 Å². The van der Waals surface area contributed by atoms with E-state index in [-0.39, 0.29) is 5.41 Å². The maximum atomic E-state index is 3.82. The molecule has 9 aromatic carbocycles. The molecule has 0 aromatic heterocycles. The molecule has 61 heavy (non-hydrogen) atoms. The molecule has 12 rings (SSSR count). The lowest BCUT2D eigenvalue weighted by atomic mass is 9.54. The van der Waals surface area contributed by atoms with Crippen LogP contribution < -0.4 is 4.90 Å². The Morgan fingerprint density at radius 2 is 0.967 bits per heavy atom. The van der Waals surface area contributed by atoms with Crippen LogP contribution in [0.2, 0.25) is 0 Å². The zero-order valence-corrected chi connectivity index (χ0v) is 34.4. The molecule has 0 saturated carbocycles. The van der Waals surface area contributed by atoms with Crippen molar-refractivity contribution in [1.82, 2.24) is 0 Å².